The second-order valence-corrected chi connectivity index (χ2v) is 5.26. The van der Waals surface area contributed by atoms with Gasteiger partial charge in [-0.2, -0.15) is 5.10 Å². The van der Waals surface area contributed by atoms with Gasteiger partial charge >= 0.3 is 5.63 Å². The van der Waals surface area contributed by atoms with Gasteiger partial charge in [0.2, 0.25) is 0 Å². The zero-order valence-corrected chi connectivity index (χ0v) is 12.9. The van der Waals surface area contributed by atoms with E-state index in [0.717, 1.165) is 0 Å². The highest BCUT2D eigenvalue weighted by atomic mass is 35.5. The van der Waals surface area contributed by atoms with Crippen LogP contribution in [0.1, 0.15) is 15.9 Å². The van der Waals surface area contributed by atoms with Crippen molar-refractivity contribution in [2.75, 3.05) is 0 Å². The van der Waals surface area contributed by atoms with Crippen LogP contribution in [0.3, 0.4) is 0 Å². The van der Waals surface area contributed by atoms with Crippen LogP contribution in [0.5, 0.6) is 5.75 Å². The molecule has 0 atom stereocenters. The number of nitrogens with zero attached hydrogens (tertiary/aromatic N) is 1. The topological polar surface area (TPSA) is 91.9 Å². The molecule has 7 heteroatoms. The highest BCUT2D eigenvalue weighted by Gasteiger charge is 2.09. The zero-order valence-electron chi connectivity index (χ0n) is 12.2. The molecule has 3 rings (SSSR count). The van der Waals surface area contributed by atoms with Gasteiger partial charge < -0.3 is 9.52 Å². The smallest absolute Gasteiger partial charge is 0.336 e. The lowest BCUT2D eigenvalue weighted by Crippen LogP contribution is -2.17. The fourth-order valence-corrected chi connectivity index (χ4v) is 2.32. The van der Waals surface area contributed by atoms with E-state index in [1.165, 1.54) is 12.3 Å². The highest BCUT2D eigenvalue weighted by Crippen LogP contribution is 2.26. The molecular weight excluding hydrogens is 332 g/mol. The number of phenols is 1. The minimum Gasteiger partial charge on any atom is -0.504 e. The van der Waals surface area contributed by atoms with Crippen molar-refractivity contribution < 1.29 is 14.3 Å². The summed E-state index contributed by atoms with van der Waals surface area (Å²) in [6, 6.07) is 12.6. The number of amides is 1. The Balaban J connectivity index is 1.83. The Labute approximate surface area is 141 Å². The van der Waals surface area contributed by atoms with Gasteiger partial charge in [0.1, 0.15) is 0 Å². The molecule has 6 nitrogen and oxygen atoms in total. The Kier molecular flexibility index (Phi) is 4.31. The quantitative estimate of drug-likeness (QED) is 0.435. The molecule has 0 saturated heterocycles. The minimum atomic E-state index is -0.570. The van der Waals surface area contributed by atoms with Crippen molar-refractivity contribution >= 4 is 34.7 Å². The first-order valence-electron chi connectivity index (χ1n) is 6.90. The molecule has 2 aromatic carbocycles. The van der Waals surface area contributed by atoms with E-state index < -0.39 is 11.5 Å². The van der Waals surface area contributed by atoms with Crippen molar-refractivity contribution in [3.05, 3.63) is 75.1 Å². The van der Waals surface area contributed by atoms with E-state index in [0.29, 0.717) is 10.4 Å². The molecule has 120 valence electrons. The second-order valence-electron chi connectivity index (χ2n) is 4.86. The van der Waals surface area contributed by atoms with Crippen LogP contribution in [-0.2, 0) is 0 Å². The molecule has 24 heavy (non-hydrogen) atoms. The number of nitrogens with one attached hydrogen (secondary N) is 1. The van der Waals surface area contributed by atoms with Crippen LogP contribution >= 0.6 is 11.6 Å². The maximum Gasteiger partial charge on any atom is 0.336 e. The standard InChI is InChI=1S/C17H11ClN2O4/c18-13-4-2-1-3-12(13)17(23)20-19-9-11-6-5-10-7-8-14(21)24-16(10)15(11)22/h1-9,22H,(H,20,23)/b19-9+. The molecule has 0 unspecified atom stereocenters. The van der Waals surface area contributed by atoms with Crippen molar-refractivity contribution in [3.8, 4) is 5.75 Å². The van der Waals surface area contributed by atoms with Gasteiger partial charge in [0.05, 0.1) is 16.8 Å². The van der Waals surface area contributed by atoms with Crippen LogP contribution in [0.2, 0.25) is 5.02 Å². The number of phenolic OH excluding ortho intramolecular Hbond substituents is 1. The van der Waals surface area contributed by atoms with E-state index in [1.807, 2.05) is 0 Å². The first-order chi connectivity index (χ1) is 11.6. The lowest BCUT2D eigenvalue weighted by Gasteiger charge is -2.03. The molecule has 0 aliphatic rings. The molecule has 1 heterocycles. The van der Waals surface area contributed by atoms with Crippen molar-refractivity contribution in [2.24, 2.45) is 5.10 Å². The number of carbonyl (C=O) groups is 1. The van der Waals surface area contributed by atoms with E-state index in [1.54, 1.807) is 42.5 Å². The van der Waals surface area contributed by atoms with Gasteiger partial charge in [-0.1, -0.05) is 29.8 Å². The lowest BCUT2D eigenvalue weighted by molar-refractivity contribution is 0.0955. The van der Waals surface area contributed by atoms with Crippen LogP contribution in [0.15, 0.2) is 62.8 Å². The number of rotatable bonds is 3. The molecule has 0 aliphatic heterocycles. The number of halogens is 1. The van der Waals surface area contributed by atoms with Crippen LogP contribution in [0, 0.1) is 0 Å². The highest BCUT2D eigenvalue weighted by molar-refractivity contribution is 6.33. The maximum atomic E-state index is 12.0. The number of aromatic hydroxyl groups is 1. The first-order valence-corrected chi connectivity index (χ1v) is 7.28. The summed E-state index contributed by atoms with van der Waals surface area (Å²) in [5.41, 5.74) is 2.38. The lowest BCUT2D eigenvalue weighted by atomic mass is 10.1. The van der Waals surface area contributed by atoms with Crippen LogP contribution in [0.4, 0.5) is 0 Å². The molecule has 0 radical (unpaired) electrons. The van der Waals surface area contributed by atoms with E-state index in [-0.39, 0.29) is 22.5 Å². The van der Waals surface area contributed by atoms with Gasteiger partial charge in [-0.15, -0.1) is 0 Å². The van der Waals surface area contributed by atoms with Crippen molar-refractivity contribution in [1.82, 2.24) is 5.43 Å². The largest absolute Gasteiger partial charge is 0.504 e. The van der Waals surface area contributed by atoms with Gasteiger partial charge in [0.15, 0.2) is 11.3 Å². The Bertz CT molecular complexity index is 1010. The normalized spacial score (nSPS) is 11.0. The molecule has 3 aromatic rings. The Morgan fingerprint density at radius 3 is 2.71 bits per heavy atom. The van der Waals surface area contributed by atoms with E-state index in [2.05, 4.69) is 10.5 Å². The fraction of sp³-hybridized carbons (Fsp3) is 0. The average Bonchev–Trinajstić information content (AvgIpc) is 2.57. The molecule has 0 aliphatic carbocycles. The monoisotopic (exact) mass is 342 g/mol. The van der Waals surface area contributed by atoms with Crippen LogP contribution < -0.4 is 11.1 Å². The zero-order chi connectivity index (χ0) is 17.1. The van der Waals surface area contributed by atoms with Gasteiger partial charge in [-0.05, 0) is 24.3 Å². The first kappa shape index (κ1) is 15.8. The Morgan fingerprint density at radius 1 is 1.17 bits per heavy atom. The summed E-state index contributed by atoms with van der Waals surface area (Å²) in [6.45, 7) is 0. The number of carbonyl (C=O) groups excluding carboxylic acids is 1. The SMILES string of the molecule is O=C(N/N=C/c1ccc2ccc(=O)oc2c1O)c1ccccc1Cl. The molecule has 1 aromatic heterocycles. The van der Waals surface area contributed by atoms with E-state index in [9.17, 15) is 14.7 Å². The Hall–Kier alpha value is -3.12. The number of hydrogen-bond donors (Lipinski definition) is 2. The second kappa shape index (κ2) is 6.55. The van der Waals surface area contributed by atoms with E-state index in [4.69, 9.17) is 16.0 Å². The van der Waals surface area contributed by atoms with Crippen molar-refractivity contribution in [2.45, 2.75) is 0 Å². The molecule has 1 amide bonds. The number of hydrazone groups is 1. The van der Waals surface area contributed by atoms with Crippen LogP contribution in [0.25, 0.3) is 11.0 Å². The van der Waals surface area contributed by atoms with Gasteiger partial charge in [0, 0.05) is 17.0 Å². The van der Waals surface area contributed by atoms with Gasteiger partial charge in [0.25, 0.3) is 5.91 Å². The number of benzene rings is 2. The summed E-state index contributed by atoms with van der Waals surface area (Å²) in [5, 5.41) is 14.8. The molecule has 0 saturated carbocycles. The predicted octanol–water partition coefficient (Wildman–Crippen LogP) is 2.92. The maximum absolute atomic E-state index is 12.0. The molecule has 2 N–H and O–H groups in total. The van der Waals surface area contributed by atoms with E-state index >= 15 is 0 Å². The summed E-state index contributed by atoms with van der Waals surface area (Å²) < 4.78 is 4.97. The van der Waals surface area contributed by atoms with Crippen LogP contribution in [-0.4, -0.2) is 17.2 Å². The molecule has 0 fully saturated rings. The predicted molar refractivity (Wildman–Crippen MR) is 90.7 cm³/mol. The summed E-state index contributed by atoms with van der Waals surface area (Å²) in [5.74, 6) is -0.718. The fourth-order valence-electron chi connectivity index (χ4n) is 2.10. The number of hydrogen-bond acceptors (Lipinski definition) is 5. The molecule has 0 spiro atoms. The third-order valence-electron chi connectivity index (χ3n) is 3.28. The third kappa shape index (κ3) is 3.13. The summed E-state index contributed by atoms with van der Waals surface area (Å²) in [7, 11) is 0. The van der Waals surface area contributed by atoms with Crippen molar-refractivity contribution in [1.29, 1.82) is 0 Å². The van der Waals surface area contributed by atoms with Crippen molar-refractivity contribution in [3.63, 3.8) is 0 Å². The third-order valence-corrected chi connectivity index (χ3v) is 3.61. The summed E-state index contributed by atoms with van der Waals surface area (Å²) in [4.78, 5) is 23.2. The molecule has 0 bridgehead atoms. The molecular formula is C17H11ClN2O4. The summed E-state index contributed by atoms with van der Waals surface area (Å²) in [6.07, 6.45) is 1.25. The van der Waals surface area contributed by atoms with Gasteiger partial charge in [-0.3, -0.25) is 4.79 Å². The Morgan fingerprint density at radius 2 is 1.92 bits per heavy atom. The average molecular weight is 343 g/mol. The minimum absolute atomic E-state index is 0.0591. The van der Waals surface area contributed by atoms with Gasteiger partial charge in [-0.25, -0.2) is 10.2 Å². The summed E-state index contributed by atoms with van der Waals surface area (Å²) >= 11 is 5.93. The number of fused-ring (bicyclic) bond motifs is 1.